The summed E-state index contributed by atoms with van der Waals surface area (Å²) in [6.07, 6.45) is 11.9. The molecule has 6 aliphatic carbocycles. The summed E-state index contributed by atoms with van der Waals surface area (Å²) in [6.45, 7) is 0. The van der Waals surface area contributed by atoms with E-state index in [4.69, 9.17) is 0 Å². The van der Waals surface area contributed by atoms with E-state index in [1.807, 2.05) is 0 Å². The van der Waals surface area contributed by atoms with Crippen molar-refractivity contribution in [2.45, 2.75) is 35.5 Å². The molecule has 4 bridgehead atoms. The van der Waals surface area contributed by atoms with Gasteiger partial charge in [0.1, 0.15) is 0 Å². The molecule has 0 amide bonds. The lowest BCUT2D eigenvalue weighted by molar-refractivity contribution is 0.411. The van der Waals surface area contributed by atoms with Crippen molar-refractivity contribution in [2.24, 2.45) is 0 Å². The summed E-state index contributed by atoms with van der Waals surface area (Å²) in [4.78, 5) is 0. The molecular weight excluding hydrogens is 649 g/mol. The summed E-state index contributed by atoms with van der Waals surface area (Å²) >= 11 is 0. The largest absolute Gasteiger partial charge is 0.0829 e. The Labute approximate surface area is 317 Å². The number of rotatable bonds is 6. The molecule has 0 heteroatoms. The van der Waals surface area contributed by atoms with Gasteiger partial charge in [-0.1, -0.05) is 206 Å². The van der Waals surface area contributed by atoms with Crippen LogP contribution in [0.4, 0.5) is 0 Å². The summed E-state index contributed by atoms with van der Waals surface area (Å²) in [5, 5.41) is 5.25. The summed E-state index contributed by atoms with van der Waals surface area (Å²) in [5.41, 5.74) is 13.4. The summed E-state index contributed by atoms with van der Waals surface area (Å²) in [5.74, 6) is 0.189. The van der Waals surface area contributed by atoms with Gasteiger partial charge in [-0.3, -0.25) is 0 Å². The smallest absolute Gasteiger partial charge is 0.0497 e. The van der Waals surface area contributed by atoms with Crippen LogP contribution in [0.3, 0.4) is 0 Å². The number of benzene rings is 8. The highest BCUT2D eigenvalue weighted by Crippen LogP contribution is 2.69. The van der Waals surface area contributed by atoms with Crippen LogP contribution >= 0.6 is 0 Å². The van der Waals surface area contributed by atoms with Crippen LogP contribution in [0.5, 0.6) is 0 Å². The zero-order chi connectivity index (χ0) is 35.7. The fourth-order valence-corrected chi connectivity index (χ4v) is 11.0. The maximum absolute atomic E-state index is 2.61. The van der Waals surface area contributed by atoms with Gasteiger partial charge in [-0.25, -0.2) is 0 Å². The Morgan fingerprint density at radius 1 is 0.333 bits per heavy atom. The number of allylic oxidation sites excluding steroid dienone is 4. The first kappa shape index (κ1) is 31.3. The van der Waals surface area contributed by atoms with E-state index >= 15 is 0 Å². The SMILES string of the molecule is C(=C\C12c3ccccc3C(c3ccccc31)C1(/C=C/Cc3cccc4ccccc34)c3ccccc3C2c2ccccc21)/Cc1cccc2ccccc12. The molecule has 0 aliphatic heterocycles. The maximum Gasteiger partial charge on any atom is 0.0497 e. The second-order valence-corrected chi connectivity index (χ2v) is 15.4. The van der Waals surface area contributed by atoms with Crippen molar-refractivity contribution in [2.75, 3.05) is 0 Å². The molecule has 0 spiro atoms. The minimum Gasteiger partial charge on any atom is -0.0829 e. The lowest BCUT2D eigenvalue weighted by Crippen LogP contribution is -2.52. The summed E-state index contributed by atoms with van der Waals surface area (Å²) in [7, 11) is 0. The third-order valence-electron chi connectivity index (χ3n) is 13.0. The van der Waals surface area contributed by atoms with E-state index in [9.17, 15) is 0 Å². The molecule has 14 rings (SSSR count). The van der Waals surface area contributed by atoms with Gasteiger partial charge >= 0.3 is 0 Å². The van der Waals surface area contributed by atoms with Gasteiger partial charge in [0.05, 0.1) is 0 Å². The minimum absolute atomic E-state index is 0.0943. The number of hydrogen-bond donors (Lipinski definition) is 0. The van der Waals surface area contributed by atoms with Gasteiger partial charge < -0.3 is 0 Å². The molecule has 0 heterocycles. The van der Waals surface area contributed by atoms with Crippen molar-refractivity contribution in [3.05, 3.63) is 262 Å². The van der Waals surface area contributed by atoms with Crippen molar-refractivity contribution in [1.29, 1.82) is 0 Å². The van der Waals surface area contributed by atoms with E-state index in [0.717, 1.165) is 12.8 Å². The monoisotopic (exact) mass is 688 g/mol. The Balaban J connectivity index is 1.18. The van der Waals surface area contributed by atoms with E-state index in [1.54, 1.807) is 0 Å². The van der Waals surface area contributed by atoms with Crippen LogP contribution in [0.15, 0.2) is 206 Å². The van der Waals surface area contributed by atoms with Crippen molar-refractivity contribution < 1.29 is 0 Å². The molecule has 0 nitrogen and oxygen atoms in total. The fraction of sp³-hybridized carbons (Fsp3) is 0.111. The second kappa shape index (κ2) is 12.2. The standard InChI is InChI=1S/C54H40/c1-3-25-41-37(17-1)19-13-21-39(41)23-15-35-53-47-31-9-5-27-43(47)52(44-28-6-10-32-48(44)53)54(36-16-24-40-22-14-20-38-18-2-4-26-42(38)40)49-33-11-7-29-45(49)51(53)46-30-8-12-34-50(46)54/h1-22,25-36,51-52H,23-24H2/b35-15+,36-16+. The topological polar surface area (TPSA) is 0 Å². The highest BCUT2D eigenvalue weighted by molar-refractivity contribution is 5.87. The molecular formula is C54H40. The minimum atomic E-state index is -0.403. The van der Waals surface area contributed by atoms with Gasteiger partial charge in [0, 0.05) is 22.7 Å². The average molecular weight is 689 g/mol. The number of fused-ring (bicyclic) bond motifs is 2. The third-order valence-corrected chi connectivity index (χ3v) is 13.0. The molecule has 0 atom stereocenters. The Kier molecular flexibility index (Phi) is 7.04. The van der Waals surface area contributed by atoms with Crippen molar-refractivity contribution >= 4 is 21.5 Å². The Hall–Kier alpha value is -6.24. The first-order valence-corrected chi connectivity index (χ1v) is 19.5. The normalized spacial score (nSPS) is 21.9. The molecule has 0 radical (unpaired) electrons. The lowest BCUT2D eigenvalue weighted by Gasteiger charge is -2.59. The first-order chi connectivity index (χ1) is 26.8. The van der Waals surface area contributed by atoms with Crippen LogP contribution in [0.2, 0.25) is 0 Å². The highest BCUT2D eigenvalue weighted by atomic mass is 14.6. The molecule has 6 aliphatic rings. The van der Waals surface area contributed by atoms with Crippen molar-refractivity contribution in [3.63, 3.8) is 0 Å². The van der Waals surface area contributed by atoms with E-state index in [0.29, 0.717) is 0 Å². The molecule has 0 N–H and O–H groups in total. The fourth-order valence-electron chi connectivity index (χ4n) is 11.0. The number of hydrogen-bond acceptors (Lipinski definition) is 0. The Morgan fingerprint density at radius 2 is 0.648 bits per heavy atom. The molecule has 0 saturated carbocycles. The van der Waals surface area contributed by atoms with Crippen LogP contribution in [0.25, 0.3) is 21.5 Å². The Morgan fingerprint density at radius 3 is 1.04 bits per heavy atom. The van der Waals surface area contributed by atoms with E-state index < -0.39 is 10.8 Å². The van der Waals surface area contributed by atoms with Gasteiger partial charge in [-0.15, -0.1) is 0 Å². The zero-order valence-corrected chi connectivity index (χ0v) is 30.2. The van der Waals surface area contributed by atoms with Gasteiger partial charge in [-0.05, 0) is 90.0 Å². The van der Waals surface area contributed by atoms with Gasteiger partial charge in [0.2, 0.25) is 0 Å². The van der Waals surface area contributed by atoms with Gasteiger partial charge in [-0.2, -0.15) is 0 Å². The predicted molar refractivity (Wildman–Crippen MR) is 225 cm³/mol. The first-order valence-electron chi connectivity index (χ1n) is 19.5. The second-order valence-electron chi connectivity index (χ2n) is 15.4. The average Bonchev–Trinajstić information content (AvgIpc) is 3.23. The van der Waals surface area contributed by atoms with Crippen LogP contribution in [0.1, 0.15) is 67.5 Å². The highest BCUT2D eigenvalue weighted by Gasteiger charge is 2.61. The Bertz CT molecular complexity index is 2510. The predicted octanol–water partition coefficient (Wildman–Crippen LogP) is 12.8. The van der Waals surface area contributed by atoms with Gasteiger partial charge in [0.25, 0.3) is 0 Å². The molecule has 256 valence electrons. The van der Waals surface area contributed by atoms with Gasteiger partial charge in [0.15, 0.2) is 0 Å². The van der Waals surface area contributed by atoms with Crippen LogP contribution in [-0.2, 0) is 23.7 Å². The summed E-state index contributed by atoms with van der Waals surface area (Å²) < 4.78 is 0. The molecule has 0 saturated heterocycles. The maximum atomic E-state index is 2.61. The molecule has 54 heavy (non-hydrogen) atoms. The van der Waals surface area contributed by atoms with Crippen molar-refractivity contribution in [1.82, 2.24) is 0 Å². The van der Waals surface area contributed by atoms with E-state index in [1.165, 1.54) is 77.2 Å². The quantitative estimate of drug-likeness (QED) is 0.153. The summed E-state index contributed by atoms with van der Waals surface area (Å²) in [6, 6.07) is 68.7. The lowest BCUT2D eigenvalue weighted by atomic mass is 9.42. The zero-order valence-electron chi connectivity index (χ0n) is 30.2. The van der Waals surface area contributed by atoms with Crippen LogP contribution < -0.4 is 0 Å². The van der Waals surface area contributed by atoms with Crippen LogP contribution in [-0.4, -0.2) is 0 Å². The van der Waals surface area contributed by atoms with E-state index in [2.05, 4.69) is 206 Å². The van der Waals surface area contributed by atoms with Crippen LogP contribution in [0, 0.1) is 0 Å². The molecule has 0 aromatic heterocycles. The third kappa shape index (κ3) is 4.32. The molecule has 0 fully saturated rings. The molecule has 0 unspecified atom stereocenters. The molecule has 8 aromatic carbocycles. The molecule has 8 aromatic rings. The van der Waals surface area contributed by atoms with E-state index in [-0.39, 0.29) is 11.8 Å². The van der Waals surface area contributed by atoms with Crippen molar-refractivity contribution in [3.8, 4) is 0 Å².